The Kier molecular flexibility index (Phi) is 4.62. The summed E-state index contributed by atoms with van der Waals surface area (Å²) >= 11 is 0.887. The second kappa shape index (κ2) is 6.99. The van der Waals surface area contributed by atoms with Crippen LogP contribution in [0.2, 0.25) is 0 Å². The van der Waals surface area contributed by atoms with Crippen LogP contribution in [0, 0.1) is 0 Å². The van der Waals surface area contributed by atoms with E-state index in [1.165, 1.54) is 30.3 Å². The van der Waals surface area contributed by atoms with E-state index in [0.717, 1.165) is 16.9 Å². The molecule has 2 aromatic carbocycles. The highest BCUT2D eigenvalue weighted by Crippen LogP contribution is 2.58. The molecule has 1 fully saturated rings. The number of nitrogens with one attached hydrogen (secondary N) is 1. The van der Waals surface area contributed by atoms with E-state index in [9.17, 15) is 27.1 Å². The van der Waals surface area contributed by atoms with Gasteiger partial charge in [-0.25, -0.2) is 8.42 Å². The quantitative estimate of drug-likeness (QED) is 0.534. The summed E-state index contributed by atoms with van der Waals surface area (Å²) < 4.78 is 63.9. The molecule has 0 spiro atoms. The molecule has 2 aliphatic rings. The molecule has 1 aliphatic heterocycles. The molecule has 2 heterocycles. The number of hydrogen-bond acceptors (Lipinski definition) is 6. The van der Waals surface area contributed by atoms with Crippen LogP contribution in [-0.4, -0.2) is 31.3 Å². The average molecular weight is 494 g/mol. The van der Waals surface area contributed by atoms with E-state index < -0.39 is 33.2 Å². The lowest BCUT2D eigenvalue weighted by atomic mass is 9.93. The Morgan fingerprint density at radius 2 is 1.76 bits per heavy atom. The Hall–Kier alpha value is -3.02. The molecule has 0 saturated heterocycles. The van der Waals surface area contributed by atoms with Crippen molar-refractivity contribution >= 4 is 27.3 Å². The van der Waals surface area contributed by atoms with Crippen molar-refractivity contribution in [2.24, 2.45) is 0 Å². The second-order valence-electron chi connectivity index (χ2n) is 8.14. The normalized spacial score (nSPS) is 25.1. The molecule has 0 radical (unpaired) electrons. The minimum atomic E-state index is -4.19. The first-order valence-corrected chi connectivity index (χ1v) is 12.1. The maximum Gasteiger partial charge on any atom is 0.586 e. The van der Waals surface area contributed by atoms with Crippen LogP contribution in [0.15, 0.2) is 64.9 Å². The van der Waals surface area contributed by atoms with E-state index >= 15 is 0 Å². The van der Waals surface area contributed by atoms with Crippen molar-refractivity contribution in [2.75, 3.05) is 0 Å². The van der Waals surface area contributed by atoms with Crippen molar-refractivity contribution < 1.29 is 36.6 Å². The predicted octanol–water partition coefficient (Wildman–Crippen LogP) is 4.20. The molecule has 0 bridgehead atoms. The van der Waals surface area contributed by atoms with Gasteiger partial charge >= 0.3 is 12.3 Å². The molecule has 0 amide bonds. The molecule has 2 N–H and O–H groups in total. The Balaban J connectivity index is 1.43. The number of rotatable bonds is 6. The second-order valence-corrected chi connectivity index (χ2v) is 11.1. The number of thiophene rings is 1. The first-order valence-electron chi connectivity index (χ1n) is 9.79. The smallest absolute Gasteiger partial charge is 0.480 e. The van der Waals surface area contributed by atoms with Crippen LogP contribution in [0.3, 0.4) is 0 Å². The van der Waals surface area contributed by atoms with Gasteiger partial charge in [0.05, 0.1) is 0 Å². The number of benzene rings is 2. The Labute approximate surface area is 191 Å². The Bertz CT molecular complexity index is 1370. The van der Waals surface area contributed by atoms with E-state index in [4.69, 9.17) is 0 Å². The standard InChI is InChI=1S/C22H17F2NO6S2/c1-20(14-5-3-2-4-6-14)12-21(20,19(26)27)25-33(28,29)18-10-9-17(32-18)13-7-8-15-16(11-13)31-22(23,24)30-15/h2-11,25H,12H2,1H3,(H,26,27)/t20?,21-/m1/s1. The van der Waals surface area contributed by atoms with Crippen molar-refractivity contribution in [3.05, 3.63) is 66.2 Å². The van der Waals surface area contributed by atoms with Crippen LogP contribution in [0.4, 0.5) is 8.78 Å². The molecule has 2 atom stereocenters. The van der Waals surface area contributed by atoms with Crippen LogP contribution in [0.5, 0.6) is 11.5 Å². The minimum absolute atomic E-state index is 0.0940. The topological polar surface area (TPSA) is 102 Å². The summed E-state index contributed by atoms with van der Waals surface area (Å²) in [5.41, 5.74) is -1.41. The molecule has 7 nitrogen and oxygen atoms in total. The maximum absolute atomic E-state index is 13.3. The highest BCUT2D eigenvalue weighted by atomic mass is 32.2. The van der Waals surface area contributed by atoms with E-state index in [-0.39, 0.29) is 22.1 Å². The fourth-order valence-electron chi connectivity index (χ4n) is 4.15. The first kappa shape index (κ1) is 21.8. The third-order valence-electron chi connectivity index (χ3n) is 6.05. The fourth-order valence-corrected chi connectivity index (χ4v) is 6.90. The van der Waals surface area contributed by atoms with Crippen molar-refractivity contribution in [3.8, 4) is 21.9 Å². The van der Waals surface area contributed by atoms with Crippen molar-refractivity contribution in [2.45, 2.75) is 34.8 Å². The monoisotopic (exact) mass is 493 g/mol. The molecule has 5 rings (SSSR count). The van der Waals surface area contributed by atoms with Crippen molar-refractivity contribution in [3.63, 3.8) is 0 Å². The van der Waals surface area contributed by atoms with Crippen molar-refractivity contribution in [1.82, 2.24) is 4.72 Å². The van der Waals surface area contributed by atoms with Gasteiger partial charge in [-0.3, -0.25) is 4.79 Å². The number of sulfonamides is 1. The number of halogens is 2. The Morgan fingerprint density at radius 1 is 1.06 bits per heavy atom. The molecular weight excluding hydrogens is 476 g/mol. The van der Waals surface area contributed by atoms with E-state index in [2.05, 4.69) is 14.2 Å². The number of ether oxygens (including phenoxy) is 2. The summed E-state index contributed by atoms with van der Waals surface area (Å²) in [6.07, 6.45) is -3.65. The lowest BCUT2D eigenvalue weighted by Crippen LogP contribution is -2.47. The van der Waals surface area contributed by atoms with Gasteiger partial charge in [0, 0.05) is 10.3 Å². The molecule has 1 aromatic heterocycles. The molecule has 172 valence electrons. The van der Waals surface area contributed by atoms with Gasteiger partial charge in [0.15, 0.2) is 11.5 Å². The lowest BCUT2D eigenvalue weighted by Gasteiger charge is -2.20. The zero-order valence-electron chi connectivity index (χ0n) is 17.0. The summed E-state index contributed by atoms with van der Waals surface area (Å²) in [5, 5.41) is 9.92. The predicted molar refractivity (Wildman–Crippen MR) is 115 cm³/mol. The first-order chi connectivity index (χ1) is 15.5. The molecule has 33 heavy (non-hydrogen) atoms. The number of carboxylic acids is 1. The third-order valence-corrected chi connectivity index (χ3v) is 9.17. The molecule has 1 aliphatic carbocycles. The average Bonchev–Trinajstić information content (AvgIpc) is 3.08. The van der Waals surface area contributed by atoms with Crippen LogP contribution >= 0.6 is 11.3 Å². The van der Waals surface area contributed by atoms with Crippen LogP contribution < -0.4 is 14.2 Å². The summed E-state index contributed by atoms with van der Waals surface area (Å²) in [4.78, 5) is 12.6. The fraction of sp³-hybridized carbons (Fsp3) is 0.227. The number of hydrogen-bond donors (Lipinski definition) is 2. The summed E-state index contributed by atoms with van der Waals surface area (Å²) in [6, 6.07) is 15.9. The van der Waals surface area contributed by atoms with E-state index in [1.54, 1.807) is 37.3 Å². The zero-order valence-corrected chi connectivity index (χ0v) is 18.7. The van der Waals surface area contributed by atoms with E-state index in [0.29, 0.717) is 10.4 Å². The molecule has 3 aromatic rings. The SMILES string of the molecule is CC1(c2ccccc2)C[C@@]1(NS(=O)(=O)c1ccc(-c2ccc3c(c2)OC(F)(F)O3)s1)C(=O)O. The summed E-state index contributed by atoms with van der Waals surface area (Å²) in [5.74, 6) is -1.53. The van der Waals surface area contributed by atoms with Crippen LogP contribution in [0.1, 0.15) is 18.9 Å². The van der Waals surface area contributed by atoms with Gasteiger partial charge in [-0.2, -0.15) is 4.72 Å². The van der Waals surface area contributed by atoms with Crippen LogP contribution in [0.25, 0.3) is 10.4 Å². The van der Waals surface area contributed by atoms with Gasteiger partial charge in [0.1, 0.15) is 9.75 Å². The zero-order chi connectivity index (χ0) is 23.6. The molecular formula is C22H17F2NO6S2. The van der Waals surface area contributed by atoms with Crippen molar-refractivity contribution in [1.29, 1.82) is 0 Å². The number of carboxylic acid groups (broad SMARTS) is 1. The van der Waals surface area contributed by atoms with Gasteiger partial charge in [-0.1, -0.05) is 37.3 Å². The third kappa shape index (κ3) is 3.47. The number of fused-ring (bicyclic) bond motifs is 1. The number of alkyl halides is 2. The molecule has 1 unspecified atom stereocenters. The summed E-state index contributed by atoms with van der Waals surface area (Å²) in [7, 11) is -4.19. The van der Waals surface area contributed by atoms with Gasteiger partial charge in [-0.15, -0.1) is 20.1 Å². The highest BCUT2D eigenvalue weighted by molar-refractivity contribution is 7.91. The van der Waals surface area contributed by atoms with Gasteiger partial charge < -0.3 is 14.6 Å². The lowest BCUT2D eigenvalue weighted by molar-refractivity contribution is -0.286. The maximum atomic E-state index is 13.3. The summed E-state index contributed by atoms with van der Waals surface area (Å²) in [6.45, 7) is 1.71. The Morgan fingerprint density at radius 3 is 2.45 bits per heavy atom. The van der Waals surface area contributed by atoms with Gasteiger partial charge in [0.2, 0.25) is 0 Å². The minimum Gasteiger partial charge on any atom is -0.480 e. The van der Waals surface area contributed by atoms with Crippen LogP contribution in [-0.2, 0) is 20.2 Å². The largest absolute Gasteiger partial charge is 0.586 e. The number of aliphatic carboxylic acids is 1. The molecule has 1 saturated carbocycles. The van der Waals surface area contributed by atoms with E-state index in [1.807, 2.05) is 0 Å². The highest BCUT2D eigenvalue weighted by Gasteiger charge is 2.72. The van der Waals surface area contributed by atoms with Gasteiger partial charge in [-0.05, 0) is 47.9 Å². The van der Waals surface area contributed by atoms with Gasteiger partial charge in [0.25, 0.3) is 10.0 Å². The molecule has 11 heteroatoms. The number of carbonyl (C=O) groups is 1.